The number of hydrogen-bond donors (Lipinski definition) is 1. The standard InChI is InChI=1S/C14H23N3O3/c1-14(2,3)13-16-12(20-17-13)7-6-11(18)15-9-10-5-4-8-19-10/h10H,4-9H2,1-3H3,(H,15,18)/t10-/m1/s1. The molecule has 6 nitrogen and oxygen atoms in total. The Labute approximate surface area is 119 Å². The molecule has 6 heteroatoms. The minimum absolute atomic E-state index is 0.00370. The maximum Gasteiger partial charge on any atom is 0.227 e. The molecule has 0 saturated carbocycles. The molecule has 2 heterocycles. The number of nitrogens with one attached hydrogen (secondary N) is 1. The van der Waals surface area contributed by atoms with Crippen LogP contribution in [0.3, 0.4) is 0 Å². The molecular weight excluding hydrogens is 258 g/mol. The van der Waals surface area contributed by atoms with E-state index in [0.717, 1.165) is 19.4 Å². The van der Waals surface area contributed by atoms with Crippen LogP contribution in [0.5, 0.6) is 0 Å². The molecule has 0 aromatic carbocycles. The second kappa shape index (κ2) is 6.35. The van der Waals surface area contributed by atoms with Crippen molar-refractivity contribution >= 4 is 5.91 Å². The van der Waals surface area contributed by atoms with Gasteiger partial charge in [-0.15, -0.1) is 0 Å². The summed E-state index contributed by atoms with van der Waals surface area (Å²) in [6.45, 7) is 7.47. The molecule has 1 saturated heterocycles. The maximum absolute atomic E-state index is 11.7. The molecule has 112 valence electrons. The molecule has 1 aliphatic heterocycles. The molecule has 1 fully saturated rings. The van der Waals surface area contributed by atoms with Gasteiger partial charge in [-0.3, -0.25) is 4.79 Å². The van der Waals surface area contributed by atoms with Crippen LogP contribution in [0.4, 0.5) is 0 Å². The van der Waals surface area contributed by atoms with Gasteiger partial charge in [0.05, 0.1) is 6.10 Å². The van der Waals surface area contributed by atoms with Gasteiger partial charge in [-0.05, 0) is 12.8 Å². The normalized spacial score (nSPS) is 19.2. The molecule has 0 spiro atoms. The number of aromatic nitrogens is 2. The predicted molar refractivity (Wildman–Crippen MR) is 73.3 cm³/mol. The van der Waals surface area contributed by atoms with Crippen LogP contribution in [0.2, 0.25) is 0 Å². The van der Waals surface area contributed by atoms with Crippen molar-refractivity contribution in [1.82, 2.24) is 15.5 Å². The van der Waals surface area contributed by atoms with Gasteiger partial charge in [-0.2, -0.15) is 4.98 Å². The Hall–Kier alpha value is -1.43. The highest BCUT2D eigenvalue weighted by molar-refractivity contribution is 5.76. The summed E-state index contributed by atoms with van der Waals surface area (Å²) in [4.78, 5) is 16.0. The second-order valence-corrected chi connectivity index (χ2v) is 6.20. The van der Waals surface area contributed by atoms with Crippen LogP contribution in [-0.2, 0) is 21.4 Å². The minimum Gasteiger partial charge on any atom is -0.376 e. The van der Waals surface area contributed by atoms with E-state index in [0.29, 0.717) is 31.1 Å². The van der Waals surface area contributed by atoms with Crippen LogP contribution in [-0.4, -0.2) is 35.3 Å². The smallest absolute Gasteiger partial charge is 0.227 e. The molecule has 1 amide bonds. The lowest BCUT2D eigenvalue weighted by Crippen LogP contribution is -2.31. The summed E-state index contributed by atoms with van der Waals surface area (Å²) in [7, 11) is 0. The molecule has 20 heavy (non-hydrogen) atoms. The van der Waals surface area contributed by atoms with Crippen LogP contribution in [0, 0.1) is 0 Å². The van der Waals surface area contributed by atoms with E-state index in [4.69, 9.17) is 9.26 Å². The van der Waals surface area contributed by atoms with Crippen LogP contribution in [0.25, 0.3) is 0 Å². The van der Waals surface area contributed by atoms with Crippen LogP contribution >= 0.6 is 0 Å². The molecule has 1 aromatic heterocycles. The Bertz CT molecular complexity index is 445. The number of hydrogen-bond acceptors (Lipinski definition) is 5. The van der Waals surface area contributed by atoms with Crippen molar-refractivity contribution in [2.24, 2.45) is 0 Å². The van der Waals surface area contributed by atoms with Crippen molar-refractivity contribution in [1.29, 1.82) is 0 Å². The van der Waals surface area contributed by atoms with Gasteiger partial charge in [0.1, 0.15) is 0 Å². The van der Waals surface area contributed by atoms with E-state index in [-0.39, 0.29) is 17.4 Å². The number of carbonyl (C=O) groups excluding carboxylic acids is 1. The first-order valence-electron chi connectivity index (χ1n) is 7.16. The number of carbonyl (C=O) groups is 1. The number of nitrogens with zero attached hydrogens (tertiary/aromatic N) is 2. The fraction of sp³-hybridized carbons (Fsp3) is 0.786. The molecule has 0 radical (unpaired) electrons. The third kappa shape index (κ3) is 4.30. The highest BCUT2D eigenvalue weighted by Gasteiger charge is 2.21. The topological polar surface area (TPSA) is 77.2 Å². The van der Waals surface area contributed by atoms with E-state index in [1.807, 2.05) is 20.8 Å². The summed E-state index contributed by atoms with van der Waals surface area (Å²) >= 11 is 0. The van der Waals surface area contributed by atoms with E-state index in [1.165, 1.54) is 0 Å². The fourth-order valence-corrected chi connectivity index (χ4v) is 2.00. The first-order valence-corrected chi connectivity index (χ1v) is 7.16. The van der Waals surface area contributed by atoms with Crippen LogP contribution in [0.1, 0.15) is 51.7 Å². The third-order valence-corrected chi connectivity index (χ3v) is 3.26. The quantitative estimate of drug-likeness (QED) is 0.887. The molecule has 2 rings (SSSR count). The van der Waals surface area contributed by atoms with Gasteiger partial charge in [-0.25, -0.2) is 0 Å². The number of amides is 1. The zero-order chi connectivity index (χ0) is 14.6. The van der Waals surface area contributed by atoms with Gasteiger partial charge < -0.3 is 14.6 Å². The van der Waals surface area contributed by atoms with E-state index in [1.54, 1.807) is 0 Å². The Balaban J connectivity index is 1.71. The third-order valence-electron chi connectivity index (χ3n) is 3.26. The van der Waals surface area contributed by atoms with Crippen LogP contribution < -0.4 is 5.32 Å². The van der Waals surface area contributed by atoms with E-state index < -0.39 is 0 Å². The zero-order valence-corrected chi connectivity index (χ0v) is 12.4. The summed E-state index contributed by atoms with van der Waals surface area (Å²) in [5.74, 6) is 1.19. The molecule has 1 aromatic rings. The highest BCUT2D eigenvalue weighted by Crippen LogP contribution is 2.18. The van der Waals surface area contributed by atoms with Crippen LogP contribution in [0.15, 0.2) is 4.52 Å². The zero-order valence-electron chi connectivity index (χ0n) is 12.4. The fourth-order valence-electron chi connectivity index (χ4n) is 2.00. The Kier molecular flexibility index (Phi) is 4.75. The number of ether oxygens (including phenoxy) is 1. The Morgan fingerprint density at radius 2 is 2.25 bits per heavy atom. The lowest BCUT2D eigenvalue weighted by molar-refractivity contribution is -0.121. The minimum atomic E-state index is -0.135. The van der Waals surface area contributed by atoms with Crippen molar-refractivity contribution in [3.63, 3.8) is 0 Å². The molecule has 1 N–H and O–H groups in total. The molecule has 0 unspecified atom stereocenters. The van der Waals surface area contributed by atoms with E-state index in [2.05, 4.69) is 15.5 Å². The number of rotatable bonds is 5. The van der Waals surface area contributed by atoms with Crippen molar-refractivity contribution in [2.45, 2.75) is 58.0 Å². The lowest BCUT2D eigenvalue weighted by Gasteiger charge is -2.11. The van der Waals surface area contributed by atoms with Gasteiger partial charge in [0.25, 0.3) is 0 Å². The monoisotopic (exact) mass is 281 g/mol. The van der Waals surface area contributed by atoms with Gasteiger partial charge >= 0.3 is 0 Å². The predicted octanol–water partition coefficient (Wildman–Crippen LogP) is 1.59. The van der Waals surface area contributed by atoms with Gasteiger partial charge in [0.2, 0.25) is 11.8 Å². The molecule has 1 atom stereocenters. The lowest BCUT2D eigenvalue weighted by atomic mass is 9.96. The summed E-state index contributed by atoms with van der Waals surface area (Å²) < 4.78 is 10.6. The van der Waals surface area contributed by atoms with Crippen molar-refractivity contribution in [2.75, 3.05) is 13.2 Å². The van der Waals surface area contributed by atoms with Crippen molar-refractivity contribution in [3.8, 4) is 0 Å². The number of aryl methyl sites for hydroxylation is 1. The average Bonchev–Trinajstić information content (AvgIpc) is 3.04. The first-order chi connectivity index (χ1) is 9.45. The Morgan fingerprint density at radius 1 is 1.45 bits per heavy atom. The van der Waals surface area contributed by atoms with Gasteiger partial charge in [0, 0.05) is 31.4 Å². The molecule has 0 aliphatic carbocycles. The van der Waals surface area contributed by atoms with Gasteiger partial charge in [0.15, 0.2) is 5.82 Å². The largest absolute Gasteiger partial charge is 0.376 e. The second-order valence-electron chi connectivity index (χ2n) is 6.20. The molecule has 0 bridgehead atoms. The van der Waals surface area contributed by atoms with Crippen molar-refractivity contribution < 1.29 is 14.1 Å². The van der Waals surface area contributed by atoms with Gasteiger partial charge in [-0.1, -0.05) is 25.9 Å². The SMILES string of the molecule is CC(C)(C)c1noc(CCC(=O)NC[C@H]2CCCO2)n1. The summed E-state index contributed by atoms with van der Waals surface area (Å²) in [5.41, 5.74) is -0.135. The summed E-state index contributed by atoms with van der Waals surface area (Å²) in [6, 6.07) is 0. The van der Waals surface area contributed by atoms with Crippen molar-refractivity contribution in [3.05, 3.63) is 11.7 Å². The summed E-state index contributed by atoms with van der Waals surface area (Å²) in [6.07, 6.45) is 3.12. The summed E-state index contributed by atoms with van der Waals surface area (Å²) in [5, 5.41) is 6.81. The Morgan fingerprint density at radius 3 is 2.85 bits per heavy atom. The van der Waals surface area contributed by atoms with E-state index in [9.17, 15) is 4.79 Å². The molecular formula is C14H23N3O3. The molecule has 1 aliphatic rings. The average molecular weight is 281 g/mol. The maximum atomic E-state index is 11.7. The highest BCUT2D eigenvalue weighted by atomic mass is 16.5. The first kappa shape index (κ1) is 15.0. The van der Waals surface area contributed by atoms with E-state index >= 15 is 0 Å².